The van der Waals surface area contributed by atoms with E-state index in [9.17, 15) is 0 Å². The Morgan fingerprint density at radius 3 is 2.41 bits per heavy atom. The molecule has 2 aliphatic heterocycles. The average Bonchev–Trinajstić information content (AvgIpc) is 2.61. The third kappa shape index (κ3) is 4.31. The van der Waals surface area contributed by atoms with Gasteiger partial charge in [0.05, 0.1) is 0 Å². The van der Waals surface area contributed by atoms with Gasteiger partial charge < -0.3 is 9.64 Å². The first-order valence-corrected chi connectivity index (χ1v) is 8.92. The van der Waals surface area contributed by atoms with Crippen LogP contribution in [0.25, 0.3) is 0 Å². The molecule has 0 aliphatic carbocycles. The zero-order chi connectivity index (χ0) is 15.2. The molecule has 0 aromatic heterocycles. The molecule has 2 heterocycles. The summed E-state index contributed by atoms with van der Waals surface area (Å²) in [5.74, 6) is 0.662. The van der Waals surface area contributed by atoms with Crippen molar-refractivity contribution in [1.82, 2.24) is 9.80 Å². The Morgan fingerprint density at radius 1 is 1.05 bits per heavy atom. The van der Waals surface area contributed by atoms with Gasteiger partial charge in [0.25, 0.3) is 0 Å². The summed E-state index contributed by atoms with van der Waals surface area (Å²) in [6.07, 6.45) is 3.72. The van der Waals surface area contributed by atoms with Crippen LogP contribution in [0.5, 0.6) is 0 Å². The van der Waals surface area contributed by atoms with Gasteiger partial charge in [-0.2, -0.15) is 0 Å². The molecule has 0 bridgehead atoms. The Hall–Kier alpha value is -0.900. The topological polar surface area (TPSA) is 15.7 Å². The van der Waals surface area contributed by atoms with Crippen LogP contribution >= 0.6 is 0 Å². The van der Waals surface area contributed by atoms with Gasteiger partial charge in [-0.3, -0.25) is 4.90 Å². The van der Waals surface area contributed by atoms with Gasteiger partial charge in [-0.1, -0.05) is 37.3 Å². The highest BCUT2D eigenvalue weighted by atomic mass is 16.5. The van der Waals surface area contributed by atoms with Crippen LogP contribution in [0, 0.1) is 0 Å². The molecule has 0 saturated carbocycles. The molecule has 1 atom stereocenters. The maximum atomic E-state index is 5.48. The second-order valence-electron chi connectivity index (χ2n) is 6.82. The van der Waals surface area contributed by atoms with Crippen LogP contribution in [0.3, 0.4) is 0 Å². The standard InChI is InChI=1S/C19H30N2O/c1-17(18-5-3-2-4-6-18)7-10-20-11-13-21(14-12-20)19-8-15-22-16-9-19/h2-6,17,19H,7-16H2,1H3/t17-/m1/s1. The molecule has 2 saturated heterocycles. The first-order valence-electron chi connectivity index (χ1n) is 8.92. The average molecular weight is 302 g/mol. The molecule has 2 fully saturated rings. The van der Waals surface area contributed by atoms with E-state index in [1.165, 1.54) is 57.5 Å². The third-order valence-corrected chi connectivity index (χ3v) is 5.36. The van der Waals surface area contributed by atoms with Gasteiger partial charge in [0.15, 0.2) is 0 Å². The van der Waals surface area contributed by atoms with E-state index in [-0.39, 0.29) is 0 Å². The van der Waals surface area contributed by atoms with E-state index in [1.807, 2.05) is 0 Å². The zero-order valence-corrected chi connectivity index (χ0v) is 13.9. The van der Waals surface area contributed by atoms with Gasteiger partial charge in [-0.05, 0) is 37.3 Å². The highest BCUT2D eigenvalue weighted by Gasteiger charge is 2.25. The SMILES string of the molecule is C[C@H](CCN1CCN(C2CCOCC2)CC1)c1ccccc1. The molecule has 0 amide bonds. The zero-order valence-electron chi connectivity index (χ0n) is 13.9. The number of piperazine rings is 1. The molecular formula is C19H30N2O. The summed E-state index contributed by atoms with van der Waals surface area (Å²) in [5.41, 5.74) is 1.48. The van der Waals surface area contributed by atoms with Gasteiger partial charge in [0, 0.05) is 45.4 Å². The van der Waals surface area contributed by atoms with Crippen molar-refractivity contribution in [2.24, 2.45) is 0 Å². The largest absolute Gasteiger partial charge is 0.381 e. The van der Waals surface area contributed by atoms with Gasteiger partial charge in [0.1, 0.15) is 0 Å². The first kappa shape index (κ1) is 16.0. The maximum absolute atomic E-state index is 5.48. The lowest BCUT2D eigenvalue weighted by molar-refractivity contribution is 0.0135. The fraction of sp³-hybridized carbons (Fsp3) is 0.684. The van der Waals surface area contributed by atoms with Gasteiger partial charge >= 0.3 is 0 Å². The van der Waals surface area contributed by atoms with Crippen molar-refractivity contribution in [2.75, 3.05) is 45.9 Å². The molecule has 122 valence electrons. The summed E-state index contributed by atoms with van der Waals surface area (Å²) in [6.45, 7) is 10.5. The van der Waals surface area contributed by atoms with Crippen molar-refractivity contribution in [3.05, 3.63) is 35.9 Å². The number of hydrogen-bond acceptors (Lipinski definition) is 3. The number of rotatable bonds is 5. The Labute approximate surface area is 135 Å². The van der Waals surface area contributed by atoms with Crippen LogP contribution in [0.4, 0.5) is 0 Å². The Balaban J connectivity index is 1.38. The van der Waals surface area contributed by atoms with Crippen LogP contribution in [-0.2, 0) is 4.74 Å². The quantitative estimate of drug-likeness (QED) is 0.831. The molecule has 0 unspecified atom stereocenters. The highest BCUT2D eigenvalue weighted by Crippen LogP contribution is 2.20. The summed E-state index contributed by atoms with van der Waals surface area (Å²) in [5, 5.41) is 0. The molecule has 0 radical (unpaired) electrons. The molecule has 3 rings (SSSR count). The molecule has 0 N–H and O–H groups in total. The minimum absolute atomic E-state index is 0.662. The minimum Gasteiger partial charge on any atom is -0.381 e. The molecule has 0 spiro atoms. The number of ether oxygens (including phenoxy) is 1. The van der Waals surface area contributed by atoms with E-state index in [4.69, 9.17) is 4.74 Å². The molecule has 1 aromatic rings. The Morgan fingerprint density at radius 2 is 1.73 bits per heavy atom. The van der Waals surface area contributed by atoms with Crippen molar-refractivity contribution < 1.29 is 4.74 Å². The summed E-state index contributed by atoms with van der Waals surface area (Å²) in [4.78, 5) is 5.34. The molecule has 3 nitrogen and oxygen atoms in total. The van der Waals surface area contributed by atoms with Gasteiger partial charge in [-0.25, -0.2) is 0 Å². The van der Waals surface area contributed by atoms with Crippen LogP contribution < -0.4 is 0 Å². The predicted molar refractivity (Wildman–Crippen MR) is 91.3 cm³/mol. The molecule has 1 aromatic carbocycles. The minimum atomic E-state index is 0.662. The van der Waals surface area contributed by atoms with Crippen molar-refractivity contribution >= 4 is 0 Å². The van der Waals surface area contributed by atoms with Crippen LogP contribution in [0.15, 0.2) is 30.3 Å². The van der Waals surface area contributed by atoms with E-state index in [0.29, 0.717) is 5.92 Å². The van der Waals surface area contributed by atoms with Gasteiger partial charge in [0.2, 0.25) is 0 Å². The van der Waals surface area contributed by atoms with E-state index in [0.717, 1.165) is 19.3 Å². The van der Waals surface area contributed by atoms with Crippen LogP contribution in [-0.4, -0.2) is 61.8 Å². The summed E-state index contributed by atoms with van der Waals surface area (Å²) in [7, 11) is 0. The normalized spacial score (nSPS) is 23.5. The van der Waals surface area contributed by atoms with E-state index in [2.05, 4.69) is 47.1 Å². The van der Waals surface area contributed by atoms with E-state index < -0.39 is 0 Å². The third-order valence-electron chi connectivity index (χ3n) is 5.36. The van der Waals surface area contributed by atoms with Crippen molar-refractivity contribution in [2.45, 2.75) is 38.1 Å². The smallest absolute Gasteiger partial charge is 0.0480 e. The van der Waals surface area contributed by atoms with Crippen LogP contribution in [0.2, 0.25) is 0 Å². The lowest BCUT2D eigenvalue weighted by Gasteiger charge is -2.40. The number of nitrogens with zero attached hydrogens (tertiary/aromatic N) is 2. The van der Waals surface area contributed by atoms with Gasteiger partial charge in [-0.15, -0.1) is 0 Å². The van der Waals surface area contributed by atoms with Crippen molar-refractivity contribution in [3.8, 4) is 0 Å². The predicted octanol–water partition coefficient (Wildman–Crippen LogP) is 2.98. The fourth-order valence-electron chi connectivity index (χ4n) is 3.73. The van der Waals surface area contributed by atoms with E-state index >= 15 is 0 Å². The summed E-state index contributed by atoms with van der Waals surface area (Å²) in [6, 6.07) is 11.7. The van der Waals surface area contributed by atoms with Crippen molar-refractivity contribution in [1.29, 1.82) is 0 Å². The van der Waals surface area contributed by atoms with Crippen LogP contribution in [0.1, 0.15) is 37.7 Å². The fourth-order valence-corrected chi connectivity index (χ4v) is 3.73. The Bertz CT molecular complexity index is 422. The molecule has 3 heteroatoms. The van der Waals surface area contributed by atoms with E-state index in [1.54, 1.807) is 0 Å². The number of benzene rings is 1. The second-order valence-corrected chi connectivity index (χ2v) is 6.82. The number of hydrogen-bond donors (Lipinski definition) is 0. The lowest BCUT2D eigenvalue weighted by Crippen LogP contribution is -2.51. The molecular weight excluding hydrogens is 272 g/mol. The van der Waals surface area contributed by atoms with Crippen molar-refractivity contribution in [3.63, 3.8) is 0 Å². The molecule has 2 aliphatic rings. The Kier molecular flexibility index (Phi) is 5.88. The monoisotopic (exact) mass is 302 g/mol. The maximum Gasteiger partial charge on any atom is 0.0480 e. The summed E-state index contributed by atoms with van der Waals surface area (Å²) < 4.78 is 5.48. The second kappa shape index (κ2) is 8.09. The molecule has 22 heavy (non-hydrogen) atoms. The lowest BCUT2D eigenvalue weighted by atomic mass is 9.97. The summed E-state index contributed by atoms with van der Waals surface area (Å²) >= 11 is 0. The highest BCUT2D eigenvalue weighted by molar-refractivity contribution is 5.18. The first-order chi connectivity index (χ1) is 10.8.